The van der Waals surface area contributed by atoms with E-state index in [-0.39, 0.29) is 23.7 Å². The van der Waals surface area contributed by atoms with E-state index in [1.54, 1.807) is 29.7 Å². The number of ether oxygens (including phenoxy) is 1. The molecule has 0 bridgehead atoms. The molecule has 30 heavy (non-hydrogen) atoms. The molecule has 0 N–H and O–H groups in total. The number of carbonyl (C=O) groups is 1. The largest absolute Gasteiger partial charge is 0.483 e. The van der Waals surface area contributed by atoms with E-state index in [0.29, 0.717) is 17.5 Å². The monoisotopic (exact) mass is 433 g/mol. The van der Waals surface area contributed by atoms with Crippen molar-refractivity contribution >= 4 is 17.5 Å². The Labute approximate surface area is 175 Å². The van der Waals surface area contributed by atoms with Crippen molar-refractivity contribution in [2.75, 3.05) is 0 Å². The summed E-state index contributed by atoms with van der Waals surface area (Å²) >= 11 is 1.11. The Morgan fingerprint density at radius 3 is 2.63 bits per heavy atom. The summed E-state index contributed by atoms with van der Waals surface area (Å²) in [6.07, 6.45) is 1.63. The number of thioether (sulfide) groups is 1. The second kappa shape index (κ2) is 9.62. The second-order valence-electron chi connectivity index (χ2n) is 6.27. The van der Waals surface area contributed by atoms with Crippen molar-refractivity contribution in [1.82, 2.24) is 14.8 Å². The molecule has 0 amide bonds. The van der Waals surface area contributed by atoms with Gasteiger partial charge >= 0.3 is 0 Å². The lowest BCUT2D eigenvalue weighted by atomic mass is 10.1. The number of carbonyl (C=O) groups excluding carboxylic acids is 1. The Kier molecular flexibility index (Phi) is 6.94. The number of para-hydroxylation sites is 1. The molecule has 9 heteroatoms. The Bertz CT molecular complexity index is 1070. The number of benzene rings is 2. The van der Waals surface area contributed by atoms with Crippen molar-refractivity contribution in [3.63, 3.8) is 0 Å². The zero-order chi connectivity index (χ0) is 21.7. The van der Waals surface area contributed by atoms with Gasteiger partial charge in [-0.1, -0.05) is 30.0 Å². The summed E-state index contributed by atoms with van der Waals surface area (Å²) < 4.78 is 47.5. The number of hydrogen-bond acceptors (Lipinski definition) is 5. The van der Waals surface area contributed by atoms with E-state index in [9.17, 15) is 18.0 Å². The second-order valence-corrected chi connectivity index (χ2v) is 7.58. The molecule has 0 fully saturated rings. The molecule has 0 saturated carbocycles. The molecule has 0 unspecified atom stereocenters. The number of nitrogens with zero attached hydrogens (tertiary/aromatic N) is 3. The van der Waals surface area contributed by atoms with Crippen LogP contribution in [0.3, 0.4) is 0 Å². The van der Waals surface area contributed by atoms with E-state index in [1.165, 1.54) is 18.2 Å². The van der Waals surface area contributed by atoms with E-state index in [0.717, 1.165) is 23.9 Å². The Morgan fingerprint density at radius 1 is 1.17 bits per heavy atom. The third-order valence-corrected chi connectivity index (χ3v) is 5.23. The highest BCUT2D eigenvalue weighted by molar-refractivity contribution is 8.00. The first-order valence-corrected chi connectivity index (χ1v) is 9.85. The van der Waals surface area contributed by atoms with Crippen LogP contribution < -0.4 is 4.74 Å². The molecular formula is C21H18F3N3O2S. The molecular weight excluding hydrogens is 415 g/mol. The van der Waals surface area contributed by atoms with Crippen molar-refractivity contribution in [2.24, 2.45) is 0 Å². The molecule has 1 atom stereocenters. The lowest BCUT2D eigenvalue weighted by molar-refractivity contribution is 0.0993. The minimum absolute atomic E-state index is 0.0339. The van der Waals surface area contributed by atoms with Crippen LogP contribution in [-0.2, 0) is 13.2 Å². The van der Waals surface area contributed by atoms with Crippen LogP contribution in [0.5, 0.6) is 5.75 Å². The van der Waals surface area contributed by atoms with Crippen LogP contribution >= 0.6 is 11.8 Å². The predicted molar refractivity (Wildman–Crippen MR) is 107 cm³/mol. The highest BCUT2D eigenvalue weighted by Gasteiger charge is 2.22. The van der Waals surface area contributed by atoms with Gasteiger partial charge in [0, 0.05) is 12.1 Å². The van der Waals surface area contributed by atoms with Gasteiger partial charge < -0.3 is 4.74 Å². The summed E-state index contributed by atoms with van der Waals surface area (Å²) in [6, 6.07) is 9.02. The van der Waals surface area contributed by atoms with E-state index in [4.69, 9.17) is 4.74 Å². The standard InChI is InChI=1S/C21H18F3N3O2S/c1-3-10-27-19(12-29-18-7-5-4-6-16(18)23)25-26-21(27)30-13(2)20(28)14-8-9-15(22)17(24)11-14/h3-9,11,13H,1,10,12H2,2H3/t13-/m0/s1. The summed E-state index contributed by atoms with van der Waals surface area (Å²) in [5.41, 5.74) is 0.0618. The average molecular weight is 433 g/mol. The lowest BCUT2D eigenvalue weighted by Gasteiger charge is -2.12. The summed E-state index contributed by atoms with van der Waals surface area (Å²) in [7, 11) is 0. The maximum atomic E-state index is 13.7. The van der Waals surface area contributed by atoms with Gasteiger partial charge in [-0.05, 0) is 37.3 Å². The van der Waals surface area contributed by atoms with E-state index < -0.39 is 22.7 Å². The van der Waals surface area contributed by atoms with Gasteiger partial charge in [0.05, 0.1) is 5.25 Å². The maximum absolute atomic E-state index is 13.7. The SMILES string of the molecule is C=CCn1c(COc2ccccc2F)nnc1S[C@@H](C)C(=O)c1ccc(F)c(F)c1. The molecule has 1 aromatic heterocycles. The van der Waals surface area contributed by atoms with Gasteiger partial charge in [-0.2, -0.15) is 0 Å². The van der Waals surface area contributed by atoms with E-state index in [1.807, 2.05) is 0 Å². The molecule has 0 saturated heterocycles. The molecule has 2 aromatic carbocycles. The van der Waals surface area contributed by atoms with Crippen LogP contribution in [0.1, 0.15) is 23.1 Å². The number of allylic oxidation sites excluding steroid dienone is 1. The molecule has 156 valence electrons. The number of halogens is 3. The zero-order valence-corrected chi connectivity index (χ0v) is 16.8. The van der Waals surface area contributed by atoms with Crippen molar-refractivity contribution in [3.05, 3.63) is 84.0 Å². The van der Waals surface area contributed by atoms with E-state index in [2.05, 4.69) is 16.8 Å². The first-order chi connectivity index (χ1) is 14.4. The first kappa shape index (κ1) is 21.6. The Hall–Kier alpha value is -3.07. The van der Waals surface area contributed by atoms with Crippen LogP contribution in [0.25, 0.3) is 0 Å². The lowest BCUT2D eigenvalue weighted by Crippen LogP contribution is -2.15. The van der Waals surface area contributed by atoms with Crippen molar-refractivity contribution in [1.29, 1.82) is 0 Å². The molecule has 0 spiro atoms. The fraction of sp³-hybridized carbons (Fsp3) is 0.190. The third kappa shape index (κ3) is 4.91. The number of Topliss-reactive ketones (excluding diaryl/α,β-unsaturated/α-hetero) is 1. The van der Waals surface area contributed by atoms with Gasteiger partial charge in [-0.15, -0.1) is 16.8 Å². The Morgan fingerprint density at radius 2 is 1.93 bits per heavy atom. The molecule has 1 heterocycles. The van der Waals surface area contributed by atoms with Gasteiger partial charge in [0.1, 0.15) is 6.61 Å². The number of ketones is 1. The molecule has 0 aliphatic rings. The van der Waals surface area contributed by atoms with Crippen LogP contribution in [0.2, 0.25) is 0 Å². The zero-order valence-electron chi connectivity index (χ0n) is 16.0. The molecule has 3 rings (SSSR count). The predicted octanol–water partition coefficient (Wildman–Crippen LogP) is 4.82. The summed E-state index contributed by atoms with van der Waals surface area (Å²) in [5.74, 6) is -2.46. The van der Waals surface area contributed by atoms with Crippen LogP contribution in [0.4, 0.5) is 13.2 Å². The molecule has 0 radical (unpaired) electrons. The van der Waals surface area contributed by atoms with Crippen LogP contribution in [0, 0.1) is 17.5 Å². The fourth-order valence-electron chi connectivity index (χ4n) is 2.63. The van der Waals surface area contributed by atoms with Gasteiger partial charge in [0.2, 0.25) is 0 Å². The van der Waals surface area contributed by atoms with Gasteiger partial charge in [-0.3, -0.25) is 9.36 Å². The average Bonchev–Trinajstić information content (AvgIpc) is 3.10. The normalized spacial score (nSPS) is 11.9. The summed E-state index contributed by atoms with van der Waals surface area (Å²) in [5, 5.41) is 7.94. The van der Waals surface area contributed by atoms with E-state index >= 15 is 0 Å². The number of aromatic nitrogens is 3. The molecule has 0 aliphatic heterocycles. The van der Waals surface area contributed by atoms with Gasteiger partial charge in [-0.25, -0.2) is 13.2 Å². The number of rotatable bonds is 9. The molecule has 3 aromatic rings. The highest BCUT2D eigenvalue weighted by atomic mass is 32.2. The van der Waals surface area contributed by atoms with Gasteiger partial charge in [0.25, 0.3) is 0 Å². The topological polar surface area (TPSA) is 57.0 Å². The van der Waals surface area contributed by atoms with Gasteiger partial charge in [0.15, 0.2) is 40.0 Å². The van der Waals surface area contributed by atoms with Crippen LogP contribution in [0.15, 0.2) is 60.3 Å². The van der Waals surface area contributed by atoms with Crippen molar-refractivity contribution in [2.45, 2.75) is 30.5 Å². The number of hydrogen-bond donors (Lipinski definition) is 0. The smallest absolute Gasteiger partial charge is 0.192 e. The minimum atomic E-state index is -1.08. The third-order valence-electron chi connectivity index (χ3n) is 4.15. The molecule has 0 aliphatic carbocycles. The summed E-state index contributed by atoms with van der Waals surface area (Å²) in [6.45, 7) is 5.65. The van der Waals surface area contributed by atoms with Crippen molar-refractivity contribution < 1.29 is 22.7 Å². The highest BCUT2D eigenvalue weighted by Crippen LogP contribution is 2.26. The fourth-order valence-corrected chi connectivity index (χ4v) is 3.58. The minimum Gasteiger partial charge on any atom is -0.483 e. The molecule has 5 nitrogen and oxygen atoms in total. The van der Waals surface area contributed by atoms with Crippen molar-refractivity contribution in [3.8, 4) is 5.75 Å². The first-order valence-electron chi connectivity index (χ1n) is 8.97. The maximum Gasteiger partial charge on any atom is 0.192 e. The summed E-state index contributed by atoms with van der Waals surface area (Å²) in [4.78, 5) is 12.6. The van der Waals surface area contributed by atoms with Crippen LogP contribution in [-0.4, -0.2) is 25.8 Å². The quantitative estimate of drug-likeness (QED) is 0.275. The Balaban J connectivity index is 1.75.